The SMILES string of the molecule is CO[C@]1(CBr)CCOC1. The molecule has 1 heterocycles. The van der Waals surface area contributed by atoms with Gasteiger partial charge in [-0.3, -0.25) is 0 Å². The molecule has 1 saturated heterocycles. The molecule has 1 fully saturated rings. The van der Waals surface area contributed by atoms with Gasteiger partial charge >= 0.3 is 0 Å². The van der Waals surface area contributed by atoms with E-state index in [1.54, 1.807) is 7.11 Å². The summed E-state index contributed by atoms with van der Waals surface area (Å²) in [6.45, 7) is 1.56. The molecule has 0 spiro atoms. The van der Waals surface area contributed by atoms with Crippen molar-refractivity contribution in [1.82, 2.24) is 0 Å². The highest BCUT2D eigenvalue weighted by Gasteiger charge is 2.33. The Labute approximate surface area is 63.7 Å². The summed E-state index contributed by atoms with van der Waals surface area (Å²) < 4.78 is 10.5. The van der Waals surface area contributed by atoms with E-state index in [4.69, 9.17) is 9.47 Å². The normalized spacial score (nSPS) is 35.3. The highest BCUT2D eigenvalue weighted by Crippen LogP contribution is 2.23. The Morgan fingerprint density at radius 2 is 2.56 bits per heavy atom. The fourth-order valence-corrected chi connectivity index (χ4v) is 1.58. The van der Waals surface area contributed by atoms with E-state index in [9.17, 15) is 0 Å². The van der Waals surface area contributed by atoms with Gasteiger partial charge < -0.3 is 9.47 Å². The fourth-order valence-electron chi connectivity index (χ4n) is 0.909. The first-order chi connectivity index (χ1) is 4.33. The first kappa shape index (κ1) is 7.51. The van der Waals surface area contributed by atoms with Crippen LogP contribution in [0.2, 0.25) is 0 Å². The van der Waals surface area contributed by atoms with Gasteiger partial charge in [-0.1, -0.05) is 15.9 Å². The van der Waals surface area contributed by atoms with Gasteiger partial charge in [0.05, 0.1) is 6.61 Å². The van der Waals surface area contributed by atoms with Gasteiger partial charge in [-0.15, -0.1) is 0 Å². The van der Waals surface area contributed by atoms with Crippen molar-refractivity contribution >= 4 is 15.9 Å². The molecule has 0 aliphatic carbocycles. The quantitative estimate of drug-likeness (QED) is 0.616. The summed E-state index contributed by atoms with van der Waals surface area (Å²) in [5.41, 5.74) is -0.0278. The maximum Gasteiger partial charge on any atom is 0.103 e. The van der Waals surface area contributed by atoms with E-state index in [1.165, 1.54) is 0 Å². The third kappa shape index (κ3) is 1.45. The van der Waals surface area contributed by atoms with Crippen LogP contribution >= 0.6 is 15.9 Å². The third-order valence-electron chi connectivity index (χ3n) is 1.74. The summed E-state index contributed by atoms with van der Waals surface area (Å²) in [6, 6.07) is 0. The van der Waals surface area contributed by atoms with E-state index in [2.05, 4.69) is 15.9 Å². The largest absolute Gasteiger partial charge is 0.378 e. The second-order valence-corrected chi connectivity index (χ2v) is 2.88. The number of rotatable bonds is 2. The molecule has 0 amide bonds. The minimum atomic E-state index is -0.0278. The Balaban J connectivity index is 2.45. The van der Waals surface area contributed by atoms with Gasteiger partial charge in [0.1, 0.15) is 5.60 Å². The van der Waals surface area contributed by atoms with Crippen LogP contribution in [0, 0.1) is 0 Å². The van der Waals surface area contributed by atoms with Crippen LogP contribution in [0.5, 0.6) is 0 Å². The molecule has 2 nitrogen and oxygen atoms in total. The number of hydrogen-bond acceptors (Lipinski definition) is 2. The van der Waals surface area contributed by atoms with Crippen LogP contribution in [0.4, 0.5) is 0 Å². The monoisotopic (exact) mass is 194 g/mol. The van der Waals surface area contributed by atoms with E-state index in [1.807, 2.05) is 0 Å². The van der Waals surface area contributed by atoms with E-state index in [0.717, 1.165) is 25.0 Å². The Hall–Kier alpha value is 0.400. The second-order valence-electron chi connectivity index (χ2n) is 2.32. The number of hydrogen-bond donors (Lipinski definition) is 0. The van der Waals surface area contributed by atoms with Crippen LogP contribution in [0.15, 0.2) is 0 Å². The highest BCUT2D eigenvalue weighted by molar-refractivity contribution is 9.09. The molecule has 54 valence electrons. The molecule has 0 bridgehead atoms. The summed E-state index contributed by atoms with van der Waals surface area (Å²) >= 11 is 3.39. The number of methoxy groups -OCH3 is 1. The van der Waals surface area contributed by atoms with Crippen LogP contribution in [0.1, 0.15) is 6.42 Å². The molecule has 1 rings (SSSR count). The lowest BCUT2D eigenvalue weighted by Gasteiger charge is -2.21. The Kier molecular flexibility index (Phi) is 2.50. The third-order valence-corrected chi connectivity index (χ3v) is 2.77. The summed E-state index contributed by atoms with van der Waals surface area (Å²) in [7, 11) is 1.73. The smallest absolute Gasteiger partial charge is 0.103 e. The van der Waals surface area contributed by atoms with E-state index in [-0.39, 0.29) is 5.60 Å². The lowest BCUT2D eigenvalue weighted by atomic mass is 10.1. The van der Waals surface area contributed by atoms with Crippen molar-refractivity contribution in [3.8, 4) is 0 Å². The number of ether oxygens (including phenoxy) is 2. The van der Waals surface area contributed by atoms with Crippen LogP contribution in [0.3, 0.4) is 0 Å². The topological polar surface area (TPSA) is 18.5 Å². The van der Waals surface area contributed by atoms with Gasteiger partial charge in [0.15, 0.2) is 0 Å². The number of halogens is 1. The molecule has 9 heavy (non-hydrogen) atoms. The minimum absolute atomic E-state index is 0.0278. The van der Waals surface area contributed by atoms with Gasteiger partial charge in [-0.25, -0.2) is 0 Å². The van der Waals surface area contributed by atoms with Crippen molar-refractivity contribution in [2.24, 2.45) is 0 Å². The number of alkyl halides is 1. The molecule has 0 aromatic carbocycles. The zero-order valence-electron chi connectivity index (χ0n) is 5.52. The molecular formula is C6H11BrO2. The average molecular weight is 195 g/mol. The van der Waals surface area contributed by atoms with Crippen molar-refractivity contribution in [2.45, 2.75) is 12.0 Å². The zero-order chi connectivity index (χ0) is 6.74. The van der Waals surface area contributed by atoms with Gasteiger partial charge in [0, 0.05) is 25.5 Å². The zero-order valence-corrected chi connectivity index (χ0v) is 7.11. The van der Waals surface area contributed by atoms with Crippen LogP contribution in [-0.4, -0.2) is 31.3 Å². The van der Waals surface area contributed by atoms with Crippen LogP contribution < -0.4 is 0 Å². The van der Waals surface area contributed by atoms with Gasteiger partial charge in [0.25, 0.3) is 0 Å². The van der Waals surface area contributed by atoms with Crippen molar-refractivity contribution in [3.05, 3.63) is 0 Å². The van der Waals surface area contributed by atoms with Gasteiger partial charge in [-0.05, 0) is 0 Å². The summed E-state index contributed by atoms with van der Waals surface area (Å²) in [5, 5.41) is 0.872. The molecule has 0 unspecified atom stereocenters. The van der Waals surface area contributed by atoms with Crippen molar-refractivity contribution in [1.29, 1.82) is 0 Å². The molecule has 3 heteroatoms. The lowest BCUT2D eigenvalue weighted by Crippen LogP contribution is -2.33. The summed E-state index contributed by atoms with van der Waals surface area (Å²) in [4.78, 5) is 0. The molecule has 0 saturated carbocycles. The van der Waals surface area contributed by atoms with Crippen molar-refractivity contribution in [3.63, 3.8) is 0 Å². The Morgan fingerprint density at radius 1 is 1.78 bits per heavy atom. The van der Waals surface area contributed by atoms with Crippen molar-refractivity contribution in [2.75, 3.05) is 25.7 Å². The molecule has 0 radical (unpaired) electrons. The molecular weight excluding hydrogens is 184 g/mol. The summed E-state index contributed by atoms with van der Waals surface area (Å²) in [6.07, 6.45) is 1.01. The Morgan fingerprint density at radius 3 is 2.78 bits per heavy atom. The molecule has 0 aromatic heterocycles. The lowest BCUT2D eigenvalue weighted by molar-refractivity contribution is 0.00330. The predicted molar refractivity (Wildman–Crippen MR) is 39.0 cm³/mol. The first-order valence-electron chi connectivity index (χ1n) is 3.02. The first-order valence-corrected chi connectivity index (χ1v) is 4.14. The van der Waals surface area contributed by atoms with E-state index < -0.39 is 0 Å². The highest BCUT2D eigenvalue weighted by atomic mass is 79.9. The minimum Gasteiger partial charge on any atom is -0.378 e. The van der Waals surface area contributed by atoms with Crippen molar-refractivity contribution < 1.29 is 9.47 Å². The molecule has 0 aromatic rings. The standard InChI is InChI=1S/C6H11BrO2/c1-8-6(4-7)2-3-9-5-6/h2-5H2,1H3/t6-/m0/s1. The average Bonchev–Trinajstić information content (AvgIpc) is 2.36. The second kappa shape index (κ2) is 2.99. The molecule has 0 N–H and O–H groups in total. The maximum absolute atomic E-state index is 5.28. The molecule has 1 aliphatic heterocycles. The van der Waals surface area contributed by atoms with E-state index >= 15 is 0 Å². The van der Waals surface area contributed by atoms with Crippen LogP contribution in [0.25, 0.3) is 0 Å². The molecule has 1 aliphatic rings. The summed E-state index contributed by atoms with van der Waals surface area (Å²) in [5.74, 6) is 0. The van der Waals surface area contributed by atoms with Crippen LogP contribution in [-0.2, 0) is 9.47 Å². The fraction of sp³-hybridized carbons (Fsp3) is 1.00. The van der Waals surface area contributed by atoms with E-state index in [0.29, 0.717) is 0 Å². The van der Waals surface area contributed by atoms with Gasteiger partial charge in [-0.2, -0.15) is 0 Å². The Bertz CT molecular complexity index is 83.1. The maximum atomic E-state index is 5.28. The van der Waals surface area contributed by atoms with Gasteiger partial charge in [0.2, 0.25) is 0 Å². The predicted octanol–water partition coefficient (Wildman–Crippen LogP) is 1.19. The molecule has 1 atom stereocenters.